The van der Waals surface area contributed by atoms with E-state index in [9.17, 15) is 0 Å². The van der Waals surface area contributed by atoms with Crippen LogP contribution in [0.2, 0.25) is 0 Å². The van der Waals surface area contributed by atoms with E-state index in [0.717, 1.165) is 36.3 Å². The minimum absolute atomic E-state index is 0.683. The number of methoxy groups -OCH3 is 1. The topological polar surface area (TPSA) is 50.8 Å². The second-order valence-electron chi connectivity index (χ2n) is 4.54. The maximum Gasteiger partial charge on any atom is 0.0991 e. The number of benzene rings is 1. The van der Waals surface area contributed by atoms with E-state index in [0.29, 0.717) is 5.56 Å². The molecule has 4 heteroatoms. The molecule has 0 radical (unpaired) electrons. The predicted octanol–water partition coefficient (Wildman–Crippen LogP) is 2.77. The van der Waals surface area contributed by atoms with Gasteiger partial charge in [0, 0.05) is 32.0 Å². The second-order valence-corrected chi connectivity index (χ2v) is 4.54. The Morgan fingerprint density at radius 1 is 1.32 bits per heavy atom. The van der Waals surface area contributed by atoms with E-state index in [1.807, 2.05) is 36.1 Å². The van der Waals surface area contributed by atoms with E-state index in [-0.39, 0.29) is 0 Å². The molecule has 0 atom stereocenters. The third kappa shape index (κ3) is 3.43. The smallest absolute Gasteiger partial charge is 0.0991 e. The van der Waals surface area contributed by atoms with Crippen LogP contribution in [-0.2, 0) is 11.3 Å². The zero-order chi connectivity index (χ0) is 13.7. The standard InChI is InChI=1S/C15H17N3O/c1-12-6-13(9-16)8-14(7-12)15-10-17-18(11-15)4-3-5-19-2/h6-8,10-11H,3-5H2,1-2H3. The number of ether oxygens (including phenoxy) is 1. The van der Waals surface area contributed by atoms with Crippen LogP contribution in [0.5, 0.6) is 0 Å². The molecule has 0 amide bonds. The number of nitrogens with zero attached hydrogens (tertiary/aromatic N) is 3. The van der Waals surface area contributed by atoms with E-state index in [2.05, 4.69) is 17.2 Å². The second kappa shape index (κ2) is 6.17. The zero-order valence-corrected chi connectivity index (χ0v) is 11.3. The van der Waals surface area contributed by atoms with Gasteiger partial charge in [0.15, 0.2) is 0 Å². The molecule has 0 N–H and O–H groups in total. The number of aryl methyl sites for hydroxylation is 2. The van der Waals surface area contributed by atoms with Crippen LogP contribution in [-0.4, -0.2) is 23.5 Å². The largest absolute Gasteiger partial charge is 0.385 e. The molecule has 2 rings (SSSR count). The molecule has 19 heavy (non-hydrogen) atoms. The predicted molar refractivity (Wildman–Crippen MR) is 73.6 cm³/mol. The summed E-state index contributed by atoms with van der Waals surface area (Å²) < 4.78 is 6.93. The van der Waals surface area contributed by atoms with E-state index in [1.54, 1.807) is 7.11 Å². The first kappa shape index (κ1) is 13.3. The van der Waals surface area contributed by atoms with Gasteiger partial charge in [-0.15, -0.1) is 0 Å². The maximum atomic E-state index is 9.00. The Kier molecular flexibility index (Phi) is 4.32. The van der Waals surface area contributed by atoms with Crippen LogP contribution in [0, 0.1) is 18.3 Å². The molecule has 1 heterocycles. The van der Waals surface area contributed by atoms with Crippen molar-refractivity contribution < 1.29 is 4.74 Å². The molecule has 0 fully saturated rings. The summed E-state index contributed by atoms with van der Waals surface area (Å²) in [4.78, 5) is 0. The van der Waals surface area contributed by atoms with Gasteiger partial charge in [-0.05, 0) is 36.6 Å². The van der Waals surface area contributed by atoms with E-state index < -0.39 is 0 Å². The van der Waals surface area contributed by atoms with Crippen LogP contribution in [0.15, 0.2) is 30.6 Å². The summed E-state index contributed by atoms with van der Waals surface area (Å²) >= 11 is 0. The molecule has 0 bridgehead atoms. The summed E-state index contributed by atoms with van der Waals surface area (Å²) in [5.74, 6) is 0. The summed E-state index contributed by atoms with van der Waals surface area (Å²) in [7, 11) is 1.70. The van der Waals surface area contributed by atoms with Gasteiger partial charge in [-0.1, -0.05) is 6.07 Å². The third-order valence-corrected chi connectivity index (χ3v) is 2.91. The molecule has 0 spiro atoms. The van der Waals surface area contributed by atoms with E-state index >= 15 is 0 Å². The normalized spacial score (nSPS) is 10.4. The zero-order valence-electron chi connectivity index (χ0n) is 11.3. The molecule has 0 aliphatic heterocycles. The van der Waals surface area contributed by atoms with Crippen LogP contribution in [0.25, 0.3) is 11.1 Å². The molecule has 4 nitrogen and oxygen atoms in total. The molecule has 0 aliphatic rings. The lowest BCUT2D eigenvalue weighted by atomic mass is 10.0. The van der Waals surface area contributed by atoms with Gasteiger partial charge in [-0.3, -0.25) is 4.68 Å². The molecule has 98 valence electrons. The number of rotatable bonds is 5. The van der Waals surface area contributed by atoms with Gasteiger partial charge in [0.2, 0.25) is 0 Å². The van der Waals surface area contributed by atoms with Crippen LogP contribution < -0.4 is 0 Å². The molecule has 0 aliphatic carbocycles. The van der Waals surface area contributed by atoms with E-state index in [1.165, 1.54) is 0 Å². The van der Waals surface area contributed by atoms with Crippen LogP contribution >= 0.6 is 0 Å². The summed E-state index contributed by atoms with van der Waals surface area (Å²) in [5.41, 5.74) is 3.84. The molecular formula is C15H17N3O. The number of nitriles is 1. The molecule has 1 aromatic carbocycles. The Bertz CT molecular complexity index is 596. The number of hydrogen-bond acceptors (Lipinski definition) is 3. The monoisotopic (exact) mass is 255 g/mol. The van der Waals surface area contributed by atoms with Crippen molar-refractivity contribution in [2.24, 2.45) is 0 Å². The summed E-state index contributed by atoms with van der Waals surface area (Å²) in [6.07, 6.45) is 4.78. The lowest BCUT2D eigenvalue weighted by molar-refractivity contribution is 0.189. The first-order valence-electron chi connectivity index (χ1n) is 6.26. The highest BCUT2D eigenvalue weighted by Crippen LogP contribution is 2.21. The van der Waals surface area contributed by atoms with Gasteiger partial charge in [-0.2, -0.15) is 10.4 Å². The summed E-state index contributed by atoms with van der Waals surface area (Å²) in [5, 5.41) is 13.3. The first-order chi connectivity index (χ1) is 9.22. The molecular weight excluding hydrogens is 238 g/mol. The molecule has 1 aromatic heterocycles. The SMILES string of the molecule is COCCCn1cc(-c2cc(C)cc(C#N)c2)cn1. The van der Waals surface area contributed by atoms with Crippen molar-refractivity contribution in [1.82, 2.24) is 9.78 Å². The van der Waals surface area contributed by atoms with Crippen molar-refractivity contribution in [1.29, 1.82) is 5.26 Å². The lowest BCUT2D eigenvalue weighted by Crippen LogP contribution is -2.01. The van der Waals surface area contributed by atoms with Crippen molar-refractivity contribution >= 4 is 0 Å². The quantitative estimate of drug-likeness (QED) is 0.772. The average Bonchev–Trinajstić information content (AvgIpc) is 2.87. The molecule has 2 aromatic rings. The summed E-state index contributed by atoms with van der Waals surface area (Å²) in [6, 6.07) is 8.02. The Hall–Kier alpha value is -2.12. The Labute approximate surface area is 113 Å². The highest BCUT2D eigenvalue weighted by Gasteiger charge is 2.04. The molecule has 0 unspecified atom stereocenters. The highest BCUT2D eigenvalue weighted by atomic mass is 16.5. The van der Waals surface area contributed by atoms with Crippen LogP contribution in [0.3, 0.4) is 0 Å². The molecule has 0 saturated carbocycles. The Morgan fingerprint density at radius 3 is 2.89 bits per heavy atom. The third-order valence-electron chi connectivity index (χ3n) is 2.91. The fraction of sp³-hybridized carbons (Fsp3) is 0.333. The van der Waals surface area contributed by atoms with Gasteiger partial charge in [0.1, 0.15) is 0 Å². The van der Waals surface area contributed by atoms with Crippen molar-refractivity contribution in [2.45, 2.75) is 19.9 Å². The average molecular weight is 255 g/mol. The van der Waals surface area contributed by atoms with Gasteiger partial charge in [0.05, 0.1) is 17.8 Å². The minimum atomic E-state index is 0.683. The van der Waals surface area contributed by atoms with Crippen LogP contribution in [0.4, 0.5) is 0 Å². The van der Waals surface area contributed by atoms with Gasteiger partial charge >= 0.3 is 0 Å². The van der Waals surface area contributed by atoms with Gasteiger partial charge in [-0.25, -0.2) is 0 Å². The lowest BCUT2D eigenvalue weighted by Gasteiger charge is -2.01. The minimum Gasteiger partial charge on any atom is -0.385 e. The number of hydrogen-bond donors (Lipinski definition) is 0. The summed E-state index contributed by atoms with van der Waals surface area (Å²) in [6.45, 7) is 3.57. The maximum absolute atomic E-state index is 9.00. The van der Waals surface area contributed by atoms with Crippen molar-refractivity contribution in [3.63, 3.8) is 0 Å². The van der Waals surface area contributed by atoms with Gasteiger partial charge in [0.25, 0.3) is 0 Å². The van der Waals surface area contributed by atoms with Gasteiger partial charge < -0.3 is 4.74 Å². The van der Waals surface area contributed by atoms with E-state index in [4.69, 9.17) is 10.00 Å². The van der Waals surface area contributed by atoms with Crippen molar-refractivity contribution in [2.75, 3.05) is 13.7 Å². The fourth-order valence-electron chi connectivity index (χ4n) is 2.02. The number of aromatic nitrogens is 2. The fourth-order valence-corrected chi connectivity index (χ4v) is 2.02. The van der Waals surface area contributed by atoms with Crippen molar-refractivity contribution in [3.05, 3.63) is 41.7 Å². The van der Waals surface area contributed by atoms with Crippen molar-refractivity contribution in [3.8, 4) is 17.2 Å². The van der Waals surface area contributed by atoms with Crippen LogP contribution in [0.1, 0.15) is 17.5 Å². The first-order valence-corrected chi connectivity index (χ1v) is 6.26. The molecule has 0 saturated heterocycles. The Balaban J connectivity index is 2.18. The Morgan fingerprint density at radius 2 is 2.16 bits per heavy atom. The highest BCUT2D eigenvalue weighted by molar-refractivity contribution is 5.64.